The lowest BCUT2D eigenvalue weighted by molar-refractivity contribution is -0.127. The summed E-state index contributed by atoms with van der Waals surface area (Å²) >= 11 is 0. The third kappa shape index (κ3) is 2.62. The number of hydrogen-bond acceptors (Lipinski definition) is 2. The molecule has 1 aliphatic carbocycles. The summed E-state index contributed by atoms with van der Waals surface area (Å²) in [6.07, 6.45) is 8.21. The maximum Gasteiger partial charge on any atom is 0.223 e. The number of carbonyl (C=O) groups is 1. The zero-order chi connectivity index (χ0) is 13.2. The van der Waals surface area contributed by atoms with E-state index in [4.69, 9.17) is 0 Å². The van der Waals surface area contributed by atoms with E-state index in [1.54, 1.807) is 0 Å². The number of rotatable bonds is 4. The van der Waals surface area contributed by atoms with Crippen LogP contribution in [0.3, 0.4) is 0 Å². The molecule has 1 saturated carbocycles. The van der Waals surface area contributed by atoms with Gasteiger partial charge in [0.1, 0.15) is 5.65 Å². The van der Waals surface area contributed by atoms with Crippen LogP contribution >= 0.6 is 0 Å². The lowest BCUT2D eigenvalue weighted by Gasteiger charge is -2.23. The van der Waals surface area contributed by atoms with Crippen molar-refractivity contribution >= 4 is 11.6 Å². The molecule has 100 valence electrons. The highest BCUT2D eigenvalue weighted by molar-refractivity contribution is 5.79. The fourth-order valence-electron chi connectivity index (χ4n) is 2.40. The average molecular weight is 257 g/mol. The molecule has 0 spiro atoms. The number of pyridine rings is 1. The lowest BCUT2D eigenvalue weighted by atomic mass is 9.85. The summed E-state index contributed by atoms with van der Waals surface area (Å²) in [6, 6.07) is 4.08. The zero-order valence-electron chi connectivity index (χ0n) is 11.2. The molecule has 1 fully saturated rings. The van der Waals surface area contributed by atoms with E-state index in [1.807, 2.05) is 16.7 Å². The molecule has 0 radical (unpaired) electrons. The normalized spacial score (nSPS) is 15.4. The summed E-state index contributed by atoms with van der Waals surface area (Å²) in [5.74, 6) is 0.481. The van der Waals surface area contributed by atoms with Crippen molar-refractivity contribution in [3.8, 4) is 0 Å². The molecule has 0 unspecified atom stereocenters. The van der Waals surface area contributed by atoms with E-state index in [0.29, 0.717) is 6.54 Å². The van der Waals surface area contributed by atoms with Gasteiger partial charge in [-0.05, 0) is 31.4 Å². The predicted molar refractivity (Wildman–Crippen MR) is 74.0 cm³/mol. The fraction of sp³-hybridized carbons (Fsp3) is 0.467. The van der Waals surface area contributed by atoms with Crippen LogP contribution in [0, 0.1) is 12.8 Å². The quantitative estimate of drug-likeness (QED) is 0.911. The SMILES string of the molecule is Cc1ccc2nc(CCNC(=O)C3CCC3)cn2c1. The number of nitrogens with zero attached hydrogens (tertiary/aromatic N) is 2. The molecule has 2 heterocycles. The average Bonchev–Trinajstić information content (AvgIpc) is 2.68. The Morgan fingerprint density at radius 2 is 2.26 bits per heavy atom. The van der Waals surface area contributed by atoms with Crippen LogP contribution in [0.5, 0.6) is 0 Å². The van der Waals surface area contributed by atoms with Gasteiger partial charge in [0.15, 0.2) is 0 Å². The molecular formula is C15H19N3O. The zero-order valence-corrected chi connectivity index (χ0v) is 11.2. The van der Waals surface area contributed by atoms with Gasteiger partial charge in [-0.1, -0.05) is 12.5 Å². The Morgan fingerprint density at radius 3 is 3.00 bits per heavy atom. The molecule has 0 saturated heterocycles. The first-order valence-corrected chi connectivity index (χ1v) is 6.94. The molecule has 2 aromatic rings. The van der Waals surface area contributed by atoms with E-state index in [2.05, 4.69) is 29.5 Å². The van der Waals surface area contributed by atoms with Gasteiger partial charge in [0.05, 0.1) is 5.69 Å². The summed E-state index contributed by atoms with van der Waals surface area (Å²) in [6.45, 7) is 2.75. The van der Waals surface area contributed by atoms with Gasteiger partial charge < -0.3 is 9.72 Å². The Balaban J connectivity index is 1.57. The fourth-order valence-corrected chi connectivity index (χ4v) is 2.40. The van der Waals surface area contributed by atoms with Crippen LogP contribution in [0.2, 0.25) is 0 Å². The van der Waals surface area contributed by atoms with Gasteiger partial charge >= 0.3 is 0 Å². The van der Waals surface area contributed by atoms with Gasteiger partial charge in [-0.15, -0.1) is 0 Å². The van der Waals surface area contributed by atoms with Crippen molar-refractivity contribution < 1.29 is 4.79 Å². The van der Waals surface area contributed by atoms with Crippen molar-refractivity contribution in [1.82, 2.24) is 14.7 Å². The first-order chi connectivity index (χ1) is 9.22. The first kappa shape index (κ1) is 12.2. The summed E-state index contributed by atoms with van der Waals surface area (Å²) in [4.78, 5) is 16.2. The minimum absolute atomic E-state index is 0.214. The largest absolute Gasteiger partial charge is 0.355 e. The van der Waals surface area contributed by atoms with Gasteiger partial charge in [-0.25, -0.2) is 4.98 Å². The Kier molecular flexibility index (Phi) is 3.23. The molecule has 3 rings (SSSR count). The molecule has 2 aromatic heterocycles. The van der Waals surface area contributed by atoms with E-state index in [0.717, 1.165) is 30.6 Å². The van der Waals surface area contributed by atoms with Gasteiger partial charge in [-0.3, -0.25) is 4.79 Å². The second-order valence-electron chi connectivity index (χ2n) is 5.37. The van der Waals surface area contributed by atoms with Crippen LogP contribution in [-0.2, 0) is 11.2 Å². The number of amides is 1. The minimum Gasteiger partial charge on any atom is -0.355 e. The molecule has 1 amide bonds. The van der Waals surface area contributed by atoms with E-state index < -0.39 is 0 Å². The van der Waals surface area contributed by atoms with E-state index in [9.17, 15) is 4.79 Å². The number of fused-ring (bicyclic) bond motifs is 1. The highest BCUT2D eigenvalue weighted by Crippen LogP contribution is 2.26. The molecule has 4 heteroatoms. The Hall–Kier alpha value is -1.84. The predicted octanol–water partition coefficient (Wildman–Crippen LogP) is 2.10. The molecule has 0 bridgehead atoms. The van der Waals surface area contributed by atoms with Crippen LogP contribution in [0.25, 0.3) is 5.65 Å². The number of hydrogen-bond donors (Lipinski definition) is 1. The third-order valence-corrected chi connectivity index (χ3v) is 3.81. The minimum atomic E-state index is 0.214. The lowest BCUT2D eigenvalue weighted by Crippen LogP contribution is -2.35. The third-order valence-electron chi connectivity index (χ3n) is 3.81. The molecule has 0 atom stereocenters. The number of carbonyl (C=O) groups excluding carboxylic acids is 1. The van der Waals surface area contributed by atoms with E-state index in [-0.39, 0.29) is 11.8 Å². The number of imidazole rings is 1. The maximum atomic E-state index is 11.7. The Bertz CT molecular complexity index is 598. The second kappa shape index (κ2) is 5.03. The molecule has 1 aliphatic rings. The molecule has 19 heavy (non-hydrogen) atoms. The van der Waals surface area contributed by atoms with Crippen molar-refractivity contribution in [1.29, 1.82) is 0 Å². The smallest absolute Gasteiger partial charge is 0.223 e. The van der Waals surface area contributed by atoms with E-state index >= 15 is 0 Å². The topological polar surface area (TPSA) is 46.4 Å². The molecule has 0 aromatic carbocycles. The van der Waals surface area contributed by atoms with Crippen molar-refractivity contribution in [2.45, 2.75) is 32.6 Å². The number of aromatic nitrogens is 2. The monoisotopic (exact) mass is 257 g/mol. The van der Waals surface area contributed by atoms with Crippen molar-refractivity contribution in [2.75, 3.05) is 6.54 Å². The summed E-state index contributed by atoms with van der Waals surface area (Å²) < 4.78 is 2.04. The van der Waals surface area contributed by atoms with Crippen LogP contribution in [-0.4, -0.2) is 21.8 Å². The van der Waals surface area contributed by atoms with Crippen LogP contribution in [0.4, 0.5) is 0 Å². The summed E-state index contributed by atoms with van der Waals surface area (Å²) in [5.41, 5.74) is 3.21. The van der Waals surface area contributed by atoms with Gasteiger partial charge in [0, 0.05) is 31.3 Å². The van der Waals surface area contributed by atoms with Gasteiger partial charge in [0.2, 0.25) is 5.91 Å². The molecule has 0 aliphatic heterocycles. The standard InChI is InChI=1S/C15H19N3O/c1-11-5-6-14-17-13(10-18(14)9-11)7-8-16-15(19)12-3-2-4-12/h5-6,9-10,12H,2-4,7-8H2,1H3,(H,16,19). The Labute approximate surface area is 112 Å². The highest BCUT2D eigenvalue weighted by Gasteiger charge is 2.24. The van der Waals surface area contributed by atoms with Crippen molar-refractivity contribution in [3.63, 3.8) is 0 Å². The first-order valence-electron chi connectivity index (χ1n) is 6.94. The van der Waals surface area contributed by atoms with Crippen LogP contribution < -0.4 is 5.32 Å². The van der Waals surface area contributed by atoms with Crippen LogP contribution in [0.15, 0.2) is 24.5 Å². The van der Waals surface area contributed by atoms with Crippen LogP contribution in [0.1, 0.15) is 30.5 Å². The Morgan fingerprint density at radius 1 is 1.42 bits per heavy atom. The molecule has 1 N–H and O–H groups in total. The second-order valence-corrected chi connectivity index (χ2v) is 5.37. The highest BCUT2D eigenvalue weighted by atomic mass is 16.1. The van der Waals surface area contributed by atoms with Crippen molar-refractivity contribution in [2.24, 2.45) is 5.92 Å². The summed E-state index contributed by atoms with van der Waals surface area (Å²) in [5, 5.41) is 3.00. The number of nitrogens with one attached hydrogen (secondary N) is 1. The van der Waals surface area contributed by atoms with E-state index in [1.165, 1.54) is 12.0 Å². The maximum absolute atomic E-state index is 11.7. The summed E-state index contributed by atoms with van der Waals surface area (Å²) in [7, 11) is 0. The van der Waals surface area contributed by atoms with Gasteiger partial charge in [0.25, 0.3) is 0 Å². The molecule has 4 nitrogen and oxygen atoms in total. The number of aryl methyl sites for hydroxylation is 1. The van der Waals surface area contributed by atoms with Gasteiger partial charge in [-0.2, -0.15) is 0 Å². The molecular weight excluding hydrogens is 238 g/mol. The van der Waals surface area contributed by atoms with Crippen molar-refractivity contribution in [3.05, 3.63) is 35.8 Å².